The van der Waals surface area contributed by atoms with Crippen molar-refractivity contribution in [3.05, 3.63) is 58.7 Å². The molecule has 0 amide bonds. The number of hydrogen-bond acceptors (Lipinski definition) is 5. The van der Waals surface area contributed by atoms with Gasteiger partial charge in [0.15, 0.2) is 11.5 Å². The summed E-state index contributed by atoms with van der Waals surface area (Å²) in [5.41, 5.74) is 8.50. The molecule has 2 aromatic carbocycles. The van der Waals surface area contributed by atoms with Gasteiger partial charge >= 0.3 is 0 Å². The fourth-order valence-electron chi connectivity index (χ4n) is 3.01. The molecule has 5 heteroatoms. The summed E-state index contributed by atoms with van der Waals surface area (Å²) in [6, 6.07) is 12.0. The highest BCUT2D eigenvalue weighted by Gasteiger charge is 2.06. The minimum atomic E-state index is 0.669. The molecule has 26 heavy (non-hydrogen) atoms. The second kappa shape index (κ2) is 7.44. The third-order valence-corrected chi connectivity index (χ3v) is 4.26. The smallest absolute Gasteiger partial charge is 0.161 e. The standard InChI is InChI=1S/C21H23N3O2/c1-13-8-15(3)21-17(9-13)14(2)10-20(23-21)24-22-12-16-6-7-18(25-4)19(11-16)26-5/h6-12H,1-5H3,(H,23,24). The van der Waals surface area contributed by atoms with Gasteiger partial charge in [-0.3, -0.25) is 5.43 Å². The van der Waals surface area contributed by atoms with Crippen LogP contribution in [0.25, 0.3) is 10.9 Å². The lowest BCUT2D eigenvalue weighted by atomic mass is 10.0. The van der Waals surface area contributed by atoms with Gasteiger partial charge in [-0.25, -0.2) is 4.98 Å². The Morgan fingerprint density at radius 3 is 2.42 bits per heavy atom. The Labute approximate surface area is 153 Å². The SMILES string of the molecule is COc1ccc(C=NNc2cc(C)c3cc(C)cc(C)c3n2)cc1OC. The number of fused-ring (bicyclic) bond motifs is 1. The van der Waals surface area contributed by atoms with E-state index in [-0.39, 0.29) is 0 Å². The summed E-state index contributed by atoms with van der Waals surface area (Å²) in [6.07, 6.45) is 1.73. The van der Waals surface area contributed by atoms with Crippen LogP contribution < -0.4 is 14.9 Å². The Kier molecular flexibility index (Phi) is 5.07. The van der Waals surface area contributed by atoms with E-state index in [0.717, 1.165) is 22.5 Å². The number of hydrogen-bond donors (Lipinski definition) is 1. The predicted octanol–water partition coefficient (Wildman–Crippen LogP) is 4.62. The lowest BCUT2D eigenvalue weighted by Crippen LogP contribution is -1.97. The molecule has 0 atom stereocenters. The molecule has 1 aromatic heterocycles. The van der Waals surface area contributed by atoms with E-state index in [1.165, 1.54) is 16.5 Å². The average molecular weight is 349 g/mol. The van der Waals surface area contributed by atoms with Crippen molar-refractivity contribution in [1.82, 2.24) is 4.98 Å². The van der Waals surface area contributed by atoms with E-state index in [4.69, 9.17) is 14.5 Å². The van der Waals surface area contributed by atoms with Crippen LogP contribution in [0, 0.1) is 20.8 Å². The molecule has 3 rings (SSSR count). The van der Waals surface area contributed by atoms with Crippen LogP contribution in [0.2, 0.25) is 0 Å². The van der Waals surface area contributed by atoms with E-state index in [2.05, 4.69) is 43.4 Å². The van der Waals surface area contributed by atoms with Crippen LogP contribution in [0.4, 0.5) is 5.82 Å². The summed E-state index contributed by atoms with van der Waals surface area (Å²) >= 11 is 0. The zero-order chi connectivity index (χ0) is 18.7. The van der Waals surface area contributed by atoms with Crippen LogP contribution in [0.5, 0.6) is 11.5 Å². The minimum absolute atomic E-state index is 0.669. The lowest BCUT2D eigenvalue weighted by Gasteiger charge is -2.09. The van der Waals surface area contributed by atoms with Gasteiger partial charge in [-0.05, 0) is 67.8 Å². The molecule has 0 saturated carbocycles. The molecule has 0 aliphatic carbocycles. The summed E-state index contributed by atoms with van der Waals surface area (Å²) in [4.78, 5) is 4.70. The third-order valence-electron chi connectivity index (χ3n) is 4.26. The van der Waals surface area contributed by atoms with E-state index in [9.17, 15) is 0 Å². The van der Waals surface area contributed by atoms with Crippen molar-refractivity contribution in [1.29, 1.82) is 0 Å². The predicted molar refractivity (Wildman–Crippen MR) is 107 cm³/mol. The number of pyridine rings is 1. The monoisotopic (exact) mass is 349 g/mol. The zero-order valence-corrected chi connectivity index (χ0v) is 15.8. The van der Waals surface area contributed by atoms with Crippen molar-refractivity contribution < 1.29 is 9.47 Å². The molecule has 1 N–H and O–H groups in total. The molecule has 0 spiro atoms. The van der Waals surface area contributed by atoms with Crippen LogP contribution in [-0.4, -0.2) is 25.4 Å². The van der Waals surface area contributed by atoms with E-state index < -0.39 is 0 Å². The van der Waals surface area contributed by atoms with E-state index in [0.29, 0.717) is 11.5 Å². The number of hydrazone groups is 1. The van der Waals surface area contributed by atoms with Gasteiger partial charge in [0.05, 0.1) is 26.0 Å². The number of nitrogens with zero attached hydrogens (tertiary/aromatic N) is 2. The van der Waals surface area contributed by atoms with Crippen molar-refractivity contribution in [2.75, 3.05) is 19.6 Å². The number of ether oxygens (including phenoxy) is 2. The first-order valence-electron chi connectivity index (χ1n) is 8.41. The Morgan fingerprint density at radius 1 is 0.923 bits per heavy atom. The fraction of sp³-hybridized carbons (Fsp3) is 0.238. The normalized spacial score (nSPS) is 11.1. The first-order chi connectivity index (χ1) is 12.5. The van der Waals surface area contributed by atoms with Crippen LogP contribution in [0.3, 0.4) is 0 Å². The molecule has 0 fully saturated rings. The molecule has 134 valence electrons. The molecule has 5 nitrogen and oxygen atoms in total. The fourth-order valence-corrected chi connectivity index (χ4v) is 3.01. The van der Waals surface area contributed by atoms with Crippen molar-refractivity contribution in [2.45, 2.75) is 20.8 Å². The molecule has 0 aliphatic rings. The zero-order valence-electron chi connectivity index (χ0n) is 15.8. The van der Waals surface area contributed by atoms with Crippen LogP contribution in [-0.2, 0) is 0 Å². The van der Waals surface area contributed by atoms with Gasteiger partial charge in [0.2, 0.25) is 0 Å². The summed E-state index contributed by atoms with van der Waals surface area (Å²) in [5, 5.41) is 5.48. The van der Waals surface area contributed by atoms with Gasteiger partial charge in [-0.1, -0.05) is 11.6 Å². The first-order valence-corrected chi connectivity index (χ1v) is 8.41. The molecule has 0 saturated heterocycles. The molecule has 0 radical (unpaired) electrons. The van der Waals surface area contributed by atoms with Gasteiger partial charge in [-0.15, -0.1) is 0 Å². The van der Waals surface area contributed by atoms with E-state index >= 15 is 0 Å². The van der Waals surface area contributed by atoms with Crippen LogP contribution in [0.1, 0.15) is 22.3 Å². The number of aromatic nitrogens is 1. The maximum Gasteiger partial charge on any atom is 0.161 e. The lowest BCUT2D eigenvalue weighted by molar-refractivity contribution is 0.355. The number of methoxy groups -OCH3 is 2. The van der Waals surface area contributed by atoms with Gasteiger partial charge < -0.3 is 9.47 Å². The van der Waals surface area contributed by atoms with E-state index in [1.807, 2.05) is 24.3 Å². The third kappa shape index (κ3) is 3.61. The second-order valence-electron chi connectivity index (χ2n) is 6.29. The number of aryl methyl sites for hydroxylation is 3. The Balaban J connectivity index is 1.84. The molecular formula is C21H23N3O2. The highest BCUT2D eigenvalue weighted by molar-refractivity contribution is 5.87. The number of nitrogens with one attached hydrogen (secondary N) is 1. The van der Waals surface area contributed by atoms with Gasteiger partial charge in [-0.2, -0.15) is 5.10 Å². The van der Waals surface area contributed by atoms with Crippen molar-refractivity contribution in [2.24, 2.45) is 5.10 Å². The average Bonchev–Trinajstić information content (AvgIpc) is 2.62. The van der Waals surface area contributed by atoms with Crippen molar-refractivity contribution in [3.63, 3.8) is 0 Å². The molecule has 0 bridgehead atoms. The van der Waals surface area contributed by atoms with Crippen molar-refractivity contribution >= 4 is 22.9 Å². The Morgan fingerprint density at radius 2 is 1.69 bits per heavy atom. The maximum absolute atomic E-state index is 5.31. The van der Waals surface area contributed by atoms with Crippen molar-refractivity contribution in [3.8, 4) is 11.5 Å². The minimum Gasteiger partial charge on any atom is -0.493 e. The summed E-state index contributed by atoms with van der Waals surface area (Å²) in [6.45, 7) is 6.27. The van der Waals surface area contributed by atoms with E-state index in [1.54, 1.807) is 20.4 Å². The first kappa shape index (κ1) is 17.7. The molecule has 3 aromatic rings. The Hall–Kier alpha value is -3.08. The number of benzene rings is 2. The molecule has 0 aliphatic heterocycles. The highest BCUT2D eigenvalue weighted by Crippen LogP contribution is 2.27. The number of rotatable bonds is 5. The largest absolute Gasteiger partial charge is 0.493 e. The topological polar surface area (TPSA) is 55.7 Å². The highest BCUT2D eigenvalue weighted by atomic mass is 16.5. The second-order valence-corrected chi connectivity index (χ2v) is 6.29. The summed E-state index contributed by atoms with van der Waals surface area (Å²) < 4.78 is 10.6. The van der Waals surface area contributed by atoms with Crippen LogP contribution in [0.15, 0.2) is 41.5 Å². The molecule has 1 heterocycles. The van der Waals surface area contributed by atoms with Gasteiger partial charge in [0.25, 0.3) is 0 Å². The van der Waals surface area contributed by atoms with Crippen LogP contribution >= 0.6 is 0 Å². The Bertz CT molecular complexity index is 981. The quantitative estimate of drug-likeness (QED) is 0.539. The molecule has 0 unspecified atom stereocenters. The molecular weight excluding hydrogens is 326 g/mol. The van der Waals surface area contributed by atoms with Gasteiger partial charge in [0.1, 0.15) is 5.82 Å². The summed E-state index contributed by atoms with van der Waals surface area (Å²) in [7, 11) is 3.23. The number of anilines is 1. The maximum atomic E-state index is 5.31. The summed E-state index contributed by atoms with van der Waals surface area (Å²) in [5.74, 6) is 2.08. The van der Waals surface area contributed by atoms with Gasteiger partial charge in [0, 0.05) is 5.39 Å².